The van der Waals surface area contributed by atoms with E-state index in [1.165, 1.54) is 16.0 Å². The van der Waals surface area contributed by atoms with Crippen LogP contribution >= 0.6 is 23.1 Å². The number of thioether (sulfide) groups is 1. The molecule has 3 aromatic heterocycles. The standard InChI is InChI=1S/C14H14N6O2S2/c1-19-6-2-4-9(19)13(22)16-11(21)8-24-14-18-17-12(20(14)15)10-5-3-7-23-10/h2-7H,8,15H2,1H3,(H,16,21,22). The second kappa shape index (κ2) is 6.89. The fourth-order valence-electron chi connectivity index (χ4n) is 2.00. The Morgan fingerprint density at radius 1 is 1.33 bits per heavy atom. The minimum Gasteiger partial charge on any atom is -0.347 e. The fraction of sp³-hybridized carbons (Fsp3) is 0.143. The first-order valence-corrected chi connectivity index (χ1v) is 8.75. The van der Waals surface area contributed by atoms with Gasteiger partial charge in [-0.3, -0.25) is 14.9 Å². The minimum absolute atomic E-state index is 0.00986. The van der Waals surface area contributed by atoms with Gasteiger partial charge in [0.25, 0.3) is 5.91 Å². The highest BCUT2D eigenvalue weighted by Gasteiger charge is 2.16. The molecule has 0 aromatic carbocycles. The van der Waals surface area contributed by atoms with E-state index in [2.05, 4.69) is 15.5 Å². The van der Waals surface area contributed by atoms with E-state index in [-0.39, 0.29) is 5.75 Å². The third kappa shape index (κ3) is 3.34. The summed E-state index contributed by atoms with van der Waals surface area (Å²) in [7, 11) is 1.73. The van der Waals surface area contributed by atoms with Crippen molar-refractivity contribution in [2.75, 3.05) is 11.6 Å². The molecule has 0 radical (unpaired) electrons. The molecule has 3 N–H and O–H groups in total. The number of carbonyl (C=O) groups excluding carboxylic acids is 2. The predicted octanol–water partition coefficient (Wildman–Crippen LogP) is 1.11. The van der Waals surface area contributed by atoms with Crippen LogP contribution in [0.25, 0.3) is 10.7 Å². The summed E-state index contributed by atoms with van der Waals surface area (Å²) in [5.41, 5.74) is 0.412. The normalized spacial score (nSPS) is 10.7. The highest BCUT2D eigenvalue weighted by molar-refractivity contribution is 7.99. The lowest BCUT2D eigenvalue weighted by Crippen LogP contribution is -2.33. The number of carbonyl (C=O) groups is 2. The highest BCUT2D eigenvalue weighted by atomic mass is 32.2. The van der Waals surface area contributed by atoms with Crippen molar-refractivity contribution in [1.82, 2.24) is 24.8 Å². The van der Waals surface area contributed by atoms with Gasteiger partial charge in [-0.05, 0) is 23.6 Å². The zero-order valence-corrected chi connectivity index (χ0v) is 14.3. The summed E-state index contributed by atoms with van der Waals surface area (Å²) >= 11 is 2.61. The molecule has 124 valence electrons. The second-order valence-electron chi connectivity index (χ2n) is 4.82. The number of imide groups is 1. The first-order valence-electron chi connectivity index (χ1n) is 6.89. The Balaban J connectivity index is 1.59. The van der Waals surface area contributed by atoms with Crippen LogP contribution in [0.4, 0.5) is 0 Å². The largest absolute Gasteiger partial charge is 0.347 e. The molecule has 0 saturated carbocycles. The van der Waals surface area contributed by atoms with Gasteiger partial charge in [0.1, 0.15) is 5.69 Å². The Kier molecular flexibility index (Phi) is 4.67. The van der Waals surface area contributed by atoms with Crippen molar-refractivity contribution < 1.29 is 9.59 Å². The fourth-order valence-corrected chi connectivity index (χ4v) is 3.37. The molecule has 0 saturated heterocycles. The van der Waals surface area contributed by atoms with Gasteiger partial charge >= 0.3 is 0 Å². The van der Waals surface area contributed by atoms with E-state index in [9.17, 15) is 9.59 Å². The maximum absolute atomic E-state index is 12.0. The van der Waals surface area contributed by atoms with Gasteiger partial charge in [-0.15, -0.1) is 21.5 Å². The maximum atomic E-state index is 12.0. The van der Waals surface area contributed by atoms with Gasteiger partial charge in [0.05, 0.1) is 10.6 Å². The number of nitrogens with one attached hydrogen (secondary N) is 1. The zero-order chi connectivity index (χ0) is 17.1. The summed E-state index contributed by atoms with van der Waals surface area (Å²) < 4.78 is 2.97. The van der Waals surface area contributed by atoms with Crippen molar-refractivity contribution in [1.29, 1.82) is 0 Å². The van der Waals surface area contributed by atoms with Crippen LogP contribution in [-0.2, 0) is 11.8 Å². The predicted molar refractivity (Wildman–Crippen MR) is 92.1 cm³/mol. The summed E-state index contributed by atoms with van der Waals surface area (Å²) in [5, 5.41) is 12.7. The van der Waals surface area contributed by atoms with E-state index in [0.717, 1.165) is 16.6 Å². The first-order chi connectivity index (χ1) is 11.6. The molecular weight excluding hydrogens is 348 g/mol. The number of nitrogens with zero attached hydrogens (tertiary/aromatic N) is 4. The maximum Gasteiger partial charge on any atom is 0.274 e. The molecule has 10 heteroatoms. The molecule has 0 aliphatic rings. The molecule has 0 bridgehead atoms. The Labute approximate surface area is 145 Å². The molecule has 3 heterocycles. The topological polar surface area (TPSA) is 108 Å². The molecule has 0 fully saturated rings. The molecule has 0 unspecified atom stereocenters. The van der Waals surface area contributed by atoms with E-state index < -0.39 is 11.8 Å². The zero-order valence-electron chi connectivity index (χ0n) is 12.7. The Bertz CT molecular complexity index is 868. The van der Waals surface area contributed by atoms with Crippen LogP contribution in [0.15, 0.2) is 41.0 Å². The number of thiophene rings is 1. The van der Waals surface area contributed by atoms with Crippen LogP contribution in [-0.4, -0.2) is 37.0 Å². The quantitative estimate of drug-likeness (QED) is 0.520. The summed E-state index contributed by atoms with van der Waals surface area (Å²) in [6, 6.07) is 7.15. The average molecular weight is 362 g/mol. The lowest BCUT2D eigenvalue weighted by molar-refractivity contribution is -0.117. The first kappa shape index (κ1) is 16.3. The van der Waals surface area contributed by atoms with Crippen molar-refractivity contribution in [3.05, 3.63) is 41.5 Å². The van der Waals surface area contributed by atoms with Crippen LogP contribution in [0.2, 0.25) is 0 Å². The van der Waals surface area contributed by atoms with Gasteiger partial charge in [0.15, 0.2) is 5.82 Å². The monoisotopic (exact) mass is 362 g/mol. The van der Waals surface area contributed by atoms with Gasteiger partial charge < -0.3 is 10.4 Å². The SMILES string of the molecule is Cn1cccc1C(=O)NC(=O)CSc1nnc(-c2cccs2)n1N. The Morgan fingerprint density at radius 3 is 2.83 bits per heavy atom. The van der Waals surface area contributed by atoms with Gasteiger partial charge in [-0.1, -0.05) is 17.8 Å². The number of amides is 2. The molecular formula is C14H14N6O2S2. The van der Waals surface area contributed by atoms with E-state index in [4.69, 9.17) is 5.84 Å². The number of aryl methyl sites for hydroxylation is 1. The van der Waals surface area contributed by atoms with Gasteiger partial charge in [0.2, 0.25) is 11.1 Å². The summed E-state index contributed by atoms with van der Waals surface area (Å²) in [5.74, 6) is 5.63. The number of hydrogen-bond donors (Lipinski definition) is 2. The number of nitrogens with two attached hydrogens (primary N) is 1. The van der Waals surface area contributed by atoms with Crippen LogP contribution in [0.1, 0.15) is 10.5 Å². The highest BCUT2D eigenvalue weighted by Crippen LogP contribution is 2.24. The molecule has 3 aromatic rings. The molecule has 0 spiro atoms. The number of hydrogen-bond acceptors (Lipinski definition) is 7. The third-order valence-electron chi connectivity index (χ3n) is 3.17. The van der Waals surface area contributed by atoms with Crippen molar-refractivity contribution in [2.24, 2.45) is 7.05 Å². The second-order valence-corrected chi connectivity index (χ2v) is 6.71. The molecule has 8 nitrogen and oxygen atoms in total. The summed E-state index contributed by atoms with van der Waals surface area (Å²) in [6.45, 7) is 0. The smallest absolute Gasteiger partial charge is 0.274 e. The molecule has 2 amide bonds. The number of nitrogen functional groups attached to an aromatic ring is 1. The van der Waals surface area contributed by atoms with Gasteiger partial charge in [0, 0.05) is 13.2 Å². The molecule has 24 heavy (non-hydrogen) atoms. The molecule has 0 atom stereocenters. The van der Waals surface area contributed by atoms with E-state index in [1.807, 2.05) is 17.5 Å². The van der Waals surface area contributed by atoms with E-state index in [0.29, 0.717) is 16.7 Å². The minimum atomic E-state index is -0.443. The van der Waals surface area contributed by atoms with Crippen molar-refractivity contribution in [2.45, 2.75) is 5.16 Å². The van der Waals surface area contributed by atoms with Crippen molar-refractivity contribution in [3.63, 3.8) is 0 Å². The van der Waals surface area contributed by atoms with Gasteiger partial charge in [-0.2, -0.15) is 0 Å². The molecule has 0 aliphatic carbocycles. The van der Waals surface area contributed by atoms with Crippen molar-refractivity contribution >= 4 is 34.9 Å². The van der Waals surface area contributed by atoms with Crippen molar-refractivity contribution in [3.8, 4) is 10.7 Å². The van der Waals surface area contributed by atoms with E-state index >= 15 is 0 Å². The van der Waals surface area contributed by atoms with Gasteiger partial charge in [-0.25, -0.2) is 4.68 Å². The Morgan fingerprint density at radius 2 is 2.17 bits per heavy atom. The van der Waals surface area contributed by atoms with Crippen LogP contribution in [0.3, 0.4) is 0 Å². The third-order valence-corrected chi connectivity index (χ3v) is 4.98. The lowest BCUT2D eigenvalue weighted by atomic mass is 10.4. The lowest BCUT2D eigenvalue weighted by Gasteiger charge is -2.05. The number of rotatable bonds is 5. The van der Waals surface area contributed by atoms with Crippen LogP contribution < -0.4 is 11.2 Å². The average Bonchev–Trinajstić information content (AvgIpc) is 3.26. The summed E-state index contributed by atoms with van der Waals surface area (Å²) in [4.78, 5) is 24.8. The number of aromatic nitrogens is 4. The van der Waals surface area contributed by atoms with E-state index in [1.54, 1.807) is 29.9 Å². The molecule has 3 rings (SSSR count). The molecule has 0 aliphatic heterocycles. The van der Waals surface area contributed by atoms with Crippen LogP contribution in [0.5, 0.6) is 0 Å². The Hall–Kier alpha value is -2.59. The van der Waals surface area contributed by atoms with Crippen LogP contribution in [0, 0.1) is 0 Å². The summed E-state index contributed by atoms with van der Waals surface area (Å²) in [6.07, 6.45) is 1.73.